The van der Waals surface area contributed by atoms with E-state index in [2.05, 4.69) is 4.98 Å². The fraction of sp³-hybridized carbons (Fsp3) is 0.571. The van der Waals surface area contributed by atoms with Gasteiger partial charge in [-0.1, -0.05) is 0 Å². The summed E-state index contributed by atoms with van der Waals surface area (Å²) in [5.74, 6) is 1.24. The minimum absolute atomic E-state index is 0. The number of carbonyl (C=O) groups excluding carboxylic acids is 1. The standard InChI is InChI=1S/C14H19N3OS.ClH/c1-19-13-6-9(4-5-16-13)14(18)17-7-10-2-3-12(15)11(10)8-17;/h4-6,10-12H,2-3,7-8,15H2,1H3;1H. The fourth-order valence-electron chi connectivity index (χ4n) is 3.31. The fourth-order valence-corrected chi connectivity index (χ4v) is 3.72. The summed E-state index contributed by atoms with van der Waals surface area (Å²) in [4.78, 5) is 18.7. The Bertz CT molecular complexity index is 499. The smallest absolute Gasteiger partial charge is 0.254 e. The van der Waals surface area contributed by atoms with Gasteiger partial charge in [-0.2, -0.15) is 0 Å². The third-order valence-electron chi connectivity index (χ3n) is 4.39. The van der Waals surface area contributed by atoms with Gasteiger partial charge in [-0.05, 0) is 43.1 Å². The number of likely N-dealkylation sites (tertiary alicyclic amines) is 1. The van der Waals surface area contributed by atoms with Crippen molar-refractivity contribution in [2.75, 3.05) is 19.3 Å². The molecule has 3 atom stereocenters. The van der Waals surface area contributed by atoms with Crippen molar-refractivity contribution in [2.45, 2.75) is 23.9 Å². The summed E-state index contributed by atoms with van der Waals surface area (Å²) in [7, 11) is 0. The molecule has 4 nitrogen and oxygen atoms in total. The monoisotopic (exact) mass is 313 g/mol. The Balaban J connectivity index is 0.00000147. The van der Waals surface area contributed by atoms with Crippen LogP contribution in [-0.2, 0) is 0 Å². The topological polar surface area (TPSA) is 59.2 Å². The van der Waals surface area contributed by atoms with Crippen LogP contribution in [0.1, 0.15) is 23.2 Å². The molecule has 1 saturated carbocycles. The summed E-state index contributed by atoms with van der Waals surface area (Å²) in [6, 6.07) is 3.96. The first-order valence-electron chi connectivity index (χ1n) is 6.74. The first-order valence-corrected chi connectivity index (χ1v) is 7.96. The normalized spacial score (nSPS) is 28.1. The number of aromatic nitrogens is 1. The molecule has 1 aliphatic heterocycles. The molecule has 1 aromatic rings. The Labute approximate surface area is 129 Å². The van der Waals surface area contributed by atoms with Crippen LogP contribution in [0.25, 0.3) is 0 Å². The van der Waals surface area contributed by atoms with Gasteiger partial charge in [0.1, 0.15) is 0 Å². The molecule has 0 aromatic carbocycles. The molecule has 1 saturated heterocycles. The number of hydrogen-bond acceptors (Lipinski definition) is 4. The molecule has 6 heteroatoms. The largest absolute Gasteiger partial charge is 0.338 e. The highest BCUT2D eigenvalue weighted by molar-refractivity contribution is 7.98. The van der Waals surface area contributed by atoms with Gasteiger partial charge in [-0.3, -0.25) is 4.79 Å². The zero-order valence-corrected chi connectivity index (χ0v) is 13.1. The van der Waals surface area contributed by atoms with E-state index in [1.807, 2.05) is 17.2 Å². The molecule has 0 radical (unpaired) electrons. The van der Waals surface area contributed by atoms with Crippen LogP contribution in [-0.4, -0.2) is 41.2 Å². The second kappa shape index (κ2) is 6.33. The summed E-state index contributed by atoms with van der Waals surface area (Å²) in [5.41, 5.74) is 6.86. The van der Waals surface area contributed by atoms with Gasteiger partial charge in [-0.25, -0.2) is 4.98 Å². The van der Waals surface area contributed by atoms with E-state index in [0.29, 0.717) is 11.8 Å². The minimum Gasteiger partial charge on any atom is -0.338 e. The van der Waals surface area contributed by atoms with Gasteiger partial charge >= 0.3 is 0 Å². The number of nitrogens with zero attached hydrogens (tertiary/aromatic N) is 2. The first-order chi connectivity index (χ1) is 9.19. The SMILES string of the molecule is CSc1cc(C(=O)N2CC3CCC(N)C3C2)ccn1.Cl. The van der Waals surface area contributed by atoms with Crippen LogP contribution in [0.15, 0.2) is 23.4 Å². The Morgan fingerprint density at radius 1 is 1.45 bits per heavy atom. The molecule has 3 rings (SSSR count). The van der Waals surface area contributed by atoms with E-state index in [-0.39, 0.29) is 24.4 Å². The summed E-state index contributed by atoms with van der Waals surface area (Å²) >= 11 is 1.56. The molecule has 3 unspecified atom stereocenters. The number of carbonyl (C=O) groups is 1. The Morgan fingerprint density at radius 3 is 2.95 bits per heavy atom. The molecule has 2 aliphatic rings. The zero-order chi connectivity index (χ0) is 13.4. The van der Waals surface area contributed by atoms with E-state index >= 15 is 0 Å². The maximum Gasteiger partial charge on any atom is 0.254 e. The van der Waals surface area contributed by atoms with Crippen molar-refractivity contribution in [2.24, 2.45) is 17.6 Å². The van der Waals surface area contributed by atoms with Gasteiger partial charge in [0.15, 0.2) is 0 Å². The van der Waals surface area contributed by atoms with Crippen LogP contribution in [0.2, 0.25) is 0 Å². The van der Waals surface area contributed by atoms with Crippen molar-refractivity contribution in [3.05, 3.63) is 23.9 Å². The maximum absolute atomic E-state index is 12.5. The molecule has 2 heterocycles. The molecule has 1 aromatic heterocycles. The van der Waals surface area contributed by atoms with E-state index in [1.165, 1.54) is 6.42 Å². The predicted molar refractivity (Wildman–Crippen MR) is 83.4 cm³/mol. The maximum atomic E-state index is 12.5. The van der Waals surface area contributed by atoms with Crippen LogP contribution in [0.4, 0.5) is 0 Å². The van der Waals surface area contributed by atoms with Crippen LogP contribution < -0.4 is 5.73 Å². The van der Waals surface area contributed by atoms with Crippen LogP contribution >= 0.6 is 24.2 Å². The number of nitrogens with two attached hydrogens (primary N) is 1. The summed E-state index contributed by atoms with van der Waals surface area (Å²) in [5, 5.41) is 0.891. The number of fused-ring (bicyclic) bond motifs is 1. The molecular formula is C14H20ClN3OS. The lowest BCUT2D eigenvalue weighted by Gasteiger charge is -2.19. The lowest BCUT2D eigenvalue weighted by atomic mass is 9.98. The summed E-state index contributed by atoms with van der Waals surface area (Å²) in [6.07, 6.45) is 5.96. The van der Waals surface area contributed by atoms with Crippen LogP contribution in [0, 0.1) is 11.8 Å². The van der Waals surface area contributed by atoms with Gasteiger partial charge < -0.3 is 10.6 Å². The van der Waals surface area contributed by atoms with Crippen LogP contribution in [0.5, 0.6) is 0 Å². The average Bonchev–Trinajstić information content (AvgIpc) is 3.01. The van der Waals surface area contributed by atoms with Crippen LogP contribution in [0.3, 0.4) is 0 Å². The first kappa shape index (κ1) is 15.6. The Kier molecular flexibility index (Phi) is 4.94. The molecule has 20 heavy (non-hydrogen) atoms. The number of halogens is 1. The van der Waals surface area contributed by atoms with E-state index in [1.54, 1.807) is 24.0 Å². The average molecular weight is 314 g/mol. The van der Waals surface area contributed by atoms with Gasteiger partial charge in [0, 0.05) is 30.9 Å². The molecule has 1 amide bonds. The van der Waals surface area contributed by atoms with Crippen molar-refractivity contribution in [1.82, 2.24) is 9.88 Å². The molecular weight excluding hydrogens is 294 g/mol. The second-order valence-corrected chi connectivity index (χ2v) is 6.29. The van der Waals surface area contributed by atoms with Crippen molar-refractivity contribution < 1.29 is 4.79 Å². The van der Waals surface area contributed by atoms with E-state index in [0.717, 1.165) is 30.1 Å². The second-order valence-electron chi connectivity index (χ2n) is 5.46. The zero-order valence-electron chi connectivity index (χ0n) is 11.5. The highest BCUT2D eigenvalue weighted by Crippen LogP contribution is 2.37. The number of pyridine rings is 1. The number of rotatable bonds is 2. The van der Waals surface area contributed by atoms with Crippen molar-refractivity contribution in [3.63, 3.8) is 0 Å². The van der Waals surface area contributed by atoms with E-state index in [9.17, 15) is 4.79 Å². The molecule has 110 valence electrons. The highest BCUT2D eigenvalue weighted by atomic mass is 35.5. The third kappa shape index (κ3) is 2.80. The number of hydrogen-bond donors (Lipinski definition) is 1. The van der Waals surface area contributed by atoms with Gasteiger partial charge in [-0.15, -0.1) is 24.2 Å². The molecule has 2 N–H and O–H groups in total. The van der Waals surface area contributed by atoms with Gasteiger partial charge in [0.05, 0.1) is 5.03 Å². The molecule has 1 aliphatic carbocycles. The highest BCUT2D eigenvalue weighted by Gasteiger charge is 2.42. The quantitative estimate of drug-likeness (QED) is 0.849. The molecule has 0 bridgehead atoms. The molecule has 2 fully saturated rings. The minimum atomic E-state index is 0. The van der Waals surface area contributed by atoms with E-state index in [4.69, 9.17) is 5.73 Å². The number of thioether (sulfide) groups is 1. The number of amides is 1. The Morgan fingerprint density at radius 2 is 2.25 bits per heavy atom. The molecule has 0 spiro atoms. The summed E-state index contributed by atoms with van der Waals surface area (Å²) < 4.78 is 0. The lowest BCUT2D eigenvalue weighted by molar-refractivity contribution is 0.0779. The van der Waals surface area contributed by atoms with Crippen molar-refractivity contribution in [1.29, 1.82) is 0 Å². The lowest BCUT2D eigenvalue weighted by Crippen LogP contribution is -2.33. The predicted octanol–water partition coefficient (Wildman–Crippen LogP) is 2.03. The van der Waals surface area contributed by atoms with Crippen molar-refractivity contribution in [3.8, 4) is 0 Å². The van der Waals surface area contributed by atoms with Gasteiger partial charge in [0.25, 0.3) is 5.91 Å². The Hall–Kier alpha value is -0.780. The third-order valence-corrected chi connectivity index (χ3v) is 5.03. The van der Waals surface area contributed by atoms with E-state index < -0.39 is 0 Å². The van der Waals surface area contributed by atoms with Crippen molar-refractivity contribution >= 4 is 30.1 Å². The summed E-state index contributed by atoms with van der Waals surface area (Å²) in [6.45, 7) is 1.69. The van der Waals surface area contributed by atoms with Gasteiger partial charge in [0.2, 0.25) is 0 Å².